The lowest BCUT2D eigenvalue weighted by molar-refractivity contribution is 0.123. The Morgan fingerprint density at radius 1 is 0.550 bits per heavy atom. The molecule has 0 saturated carbocycles. The molecule has 2 unspecified atom stereocenters. The molecule has 0 radical (unpaired) electrons. The van der Waals surface area contributed by atoms with Crippen molar-refractivity contribution in [2.24, 2.45) is 28.1 Å². The number of fused-ring (bicyclic) bond motifs is 9. The summed E-state index contributed by atoms with van der Waals surface area (Å²) in [5.41, 5.74) is 14.5. The molecule has 8 heteroatoms. The van der Waals surface area contributed by atoms with E-state index in [1.807, 2.05) is 42.5 Å². The van der Waals surface area contributed by atoms with Crippen molar-refractivity contribution in [3.8, 4) is 0 Å². The van der Waals surface area contributed by atoms with Gasteiger partial charge in [-0.25, -0.2) is 4.99 Å². The average Bonchev–Trinajstić information content (AvgIpc) is 4.14. The van der Waals surface area contributed by atoms with Crippen LogP contribution < -0.4 is 10.7 Å². The van der Waals surface area contributed by atoms with Crippen LogP contribution in [-0.4, -0.2) is 32.8 Å². The second kappa shape index (κ2) is 14.7. The van der Waals surface area contributed by atoms with E-state index in [1.165, 1.54) is 0 Å². The molecule has 60 heavy (non-hydrogen) atoms. The highest BCUT2D eigenvalue weighted by molar-refractivity contribution is 6.41. The highest BCUT2D eigenvalue weighted by atomic mass is 35.5. The van der Waals surface area contributed by atoms with Gasteiger partial charge in [-0.1, -0.05) is 156 Å². The molecule has 288 valence electrons. The van der Waals surface area contributed by atoms with Gasteiger partial charge in [-0.2, -0.15) is 0 Å². The topological polar surface area (TPSA) is 67.0 Å². The summed E-state index contributed by atoms with van der Waals surface area (Å²) in [7, 11) is 2.09. The molecular formula is C52H35Cl2N5O. The molecule has 0 fully saturated rings. The van der Waals surface area contributed by atoms with Gasteiger partial charge in [-0.15, -0.1) is 0 Å². The molecule has 0 saturated heterocycles. The predicted molar refractivity (Wildman–Crippen MR) is 244 cm³/mol. The number of aromatic amines is 1. The standard InChI is InChI=1S/C52H35Cl2N5O/c1-59-30-35-29-42(59)45(33-19-10-4-11-20-33)40-27-25-38(55-40)44(32-17-8-3-9-18-32)39-26-28-41(56-39)46(34-21-12-5-13-22-34)51-52-48(49(57-51)43(35)31-15-6-2-7-16-31)50(58-60-52)47-36(53)23-14-24-37(47)54/h2-30,48,52,56H,1H3. The van der Waals surface area contributed by atoms with Gasteiger partial charge >= 0.3 is 0 Å². The second-order valence-electron chi connectivity index (χ2n) is 15.1. The first-order chi connectivity index (χ1) is 29.5. The number of H-pyrrole nitrogens is 1. The van der Waals surface area contributed by atoms with E-state index in [2.05, 4.69) is 150 Å². The molecule has 1 N–H and O–H groups in total. The fraction of sp³-hybridized carbons (Fsp3) is 0.0577. The molecule has 5 aromatic carbocycles. The van der Waals surface area contributed by atoms with E-state index in [1.54, 1.807) is 0 Å². The van der Waals surface area contributed by atoms with Crippen molar-refractivity contribution in [3.05, 3.63) is 247 Å². The third kappa shape index (κ3) is 5.98. The van der Waals surface area contributed by atoms with Crippen LogP contribution >= 0.6 is 23.2 Å². The van der Waals surface area contributed by atoms with Gasteiger partial charge in [0.1, 0.15) is 5.71 Å². The minimum atomic E-state index is -0.593. The van der Waals surface area contributed by atoms with E-state index in [9.17, 15) is 0 Å². The van der Waals surface area contributed by atoms with Crippen molar-refractivity contribution in [1.29, 1.82) is 0 Å². The van der Waals surface area contributed by atoms with Crippen LogP contribution in [0.15, 0.2) is 203 Å². The molecule has 6 nitrogen and oxygen atoms in total. The third-order valence-corrected chi connectivity index (χ3v) is 12.2. The number of aromatic nitrogens is 2. The number of aryl methyl sites for hydroxylation is 1. The normalized spacial score (nSPS) is 18.1. The van der Waals surface area contributed by atoms with Crippen LogP contribution in [0.25, 0.3) is 22.3 Å². The van der Waals surface area contributed by atoms with Crippen molar-refractivity contribution in [2.75, 3.05) is 0 Å². The summed E-state index contributed by atoms with van der Waals surface area (Å²) in [5.74, 6) is -0.456. The molecule has 4 aliphatic heterocycles. The summed E-state index contributed by atoms with van der Waals surface area (Å²) in [5, 5.41) is 7.63. The zero-order valence-electron chi connectivity index (χ0n) is 32.4. The van der Waals surface area contributed by atoms with E-state index in [0.29, 0.717) is 21.3 Å². The number of allylic oxidation sites excluding steroid dienone is 2. The van der Waals surface area contributed by atoms with E-state index in [-0.39, 0.29) is 0 Å². The molecule has 7 aromatic rings. The van der Waals surface area contributed by atoms with Gasteiger partial charge in [-0.3, -0.25) is 4.99 Å². The number of aliphatic imine (C=N–C) groups is 2. The second-order valence-corrected chi connectivity index (χ2v) is 16.0. The number of hydrogen-bond acceptors (Lipinski definition) is 4. The highest BCUT2D eigenvalue weighted by Gasteiger charge is 2.49. The number of rotatable bonds is 5. The first kappa shape index (κ1) is 36.1. The predicted octanol–water partition coefficient (Wildman–Crippen LogP) is 10.2. The molecule has 6 heterocycles. The van der Waals surface area contributed by atoms with E-state index < -0.39 is 12.0 Å². The highest BCUT2D eigenvalue weighted by Crippen LogP contribution is 2.47. The number of oxime groups is 1. The Morgan fingerprint density at radius 2 is 1.10 bits per heavy atom. The maximum absolute atomic E-state index is 6.99. The summed E-state index contributed by atoms with van der Waals surface area (Å²) in [6.45, 7) is 0. The Labute approximate surface area is 356 Å². The lowest BCUT2D eigenvalue weighted by Crippen LogP contribution is -2.31. The number of nitrogens with one attached hydrogen (secondary N) is 1. The Kier molecular flexibility index (Phi) is 8.84. The van der Waals surface area contributed by atoms with E-state index in [4.69, 9.17) is 43.2 Å². The van der Waals surface area contributed by atoms with Crippen LogP contribution in [0.1, 0.15) is 39.1 Å². The van der Waals surface area contributed by atoms with Crippen molar-refractivity contribution in [1.82, 2.24) is 9.55 Å². The van der Waals surface area contributed by atoms with Crippen LogP contribution in [0.4, 0.5) is 0 Å². The molecule has 0 spiro atoms. The SMILES string of the molecule is Cn1cc2cc1C(c1ccccc1)=C1C=CC(=N1)C(c1ccccc1)=c1ccc([nH]1)=C(c1ccccc1)C1=NC(=C2c2ccccc2)C2C(c3c(Cl)cccc3Cl)=NOC12. The Morgan fingerprint density at radius 3 is 1.72 bits per heavy atom. The summed E-state index contributed by atoms with van der Waals surface area (Å²) in [4.78, 5) is 21.6. The van der Waals surface area contributed by atoms with Crippen LogP contribution in [0, 0.1) is 5.92 Å². The summed E-state index contributed by atoms with van der Waals surface area (Å²) in [6.07, 6.45) is 5.86. The van der Waals surface area contributed by atoms with E-state index in [0.717, 1.165) is 89.3 Å². The lowest BCUT2D eigenvalue weighted by atomic mass is 9.83. The fourth-order valence-electron chi connectivity index (χ4n) is 8.94. The lowest BCUT2D eigenvalue weighted by Gasteiger charge is -2.18. The maximum atomic E-state index is 6.99. The van der Waals surface area contributed by atoms with Crippen molar-refractivity contribution in [3.63, 3.8) is 0 Å². The molecule has 0 amide bonds. The van der Waals surface area contributed by atoms with Gasteiger partial charge in [0.25, 0.3) is 0 Å². The Balaban J connectivity index is 1.31. The zero-order chi connectivity index (χ0) is 40.3. The fourth-order valence-corrected chi connectivity index (χ4v) is 9.53. The molecular weight excluding hydrogens is 782 g/mol. The Bertz CT molecular complexity index is 3170. The number of hydrogen-bond donors (Lipinski definition) is 1. The largest absolute Gasteiger partial charge is 0.385 e. The number of halogens is 2. The van der Waals surface area contributed by atoms with Gasteiger partial charge in [-0.05, 0) is 64.7 Å². The summed E-state index contributed by atoms with van der Waals surface area (Å²) in [6, 6.07) is 53.8. The van der Waals surface area contributed by atoms with E-state index >= 15 is 0 Å². The molecule has 2 aromatic heterocycles. The maximum Gasteiger partial charge on any atom is 0.184 e. The summed E-state index contributed by atoms with van der Waals surface area (Å²) >= 11 is 14.0. The molecule has 2 atom stereocenters. The first-order valence-corrected chi connectivity index (χ1v) is 20.6. The van der Waals surface area contributed by atoms with Gasteiger partial charge < -0.3 is 14.4 Å². The minimum absolute atomic E-state index is 0.456. The number of benzene rings is 5. The van der Waals surface area contributed by atoms with Crippen LogP contribution in [0.3, 0.4) is 0 Å². The quantitative estimate of drug-likeness (QED) is 0.185. The molecule has 8 bridgehead atoms. The summed E-state index contributed by atoms with van der Waals surface area (Å²) < 4.78 is 2.19. The zero-order valence-corrected chi connectivity index (χ0v) is 33.9. The van der Waals surface area contributed by atoms with Gasteiger partial charge in [0, 0.05) is 57.4 Å². The smallest absolute Gasteiger partial charge is 0.184 e. The van der Waals surface area contributed by atoms with Gasteiger partial charge in [0.05, 0.1) is 44.5 Å². The number of nitrogens with zero attached hydrogens (tertiary/aromatic N) is 4. The van der Waals surface area contributed by atoms with Crippen molar-refractivity contribution < 1.29 is 4.84 Å². The molecule has 11 rings (SSSR count). The molecule has 0 aliphatic carbocycles. The first-order valence-electron chi connectivity index (χ1n) is 19.9. The van der Waals surface area contributed by atoms with Crippen LogP contribution in [0.2, 0.25) is 10.0 Å². The van der Waals surface area contributed by atoms with Gasteiger partial charge in [0.2, 0.25) is 0 Å². The minimum Gasteiger partial charge on any atom is -0.385 e. The van der Waals surface area contributed by atoms with Crippen LogP contribution in [-0.2, 0) is 11.9 Å². The van der Waals surface area contributed by atoms with Crippen molar-refractivity contribution >= 4 is 62.6 Å². The average molecular weight is 817 g/mol. The van der Waals surface area contributed by atoms with Crippen molar-refractivity contribution in [2.45, 2.75) is 6.10 Å². The van der Waals surface area contributed by atoms with Gasteiger partial charge in [0.15, 0.2) is 6.10 Å². The third-order valence-electron chi connectivity index (χ3n) is 11.6. The van der Waals surface area contributed by atoms with Crippen LogP contribution in [0.5, 0.6) is 0 Å². The Hall–Kier alpha value is -6.99. The monoisotopic (exact) mass is 815 g/mol. The molecule has 4 aliphatic rings.